The van der Waals surface area contributed by atoms with Crippen molar-refractivity contribution in [1.29, 1.82) is 0 Å². The third-order valence-corrected chi connectivity index (χ3v) is 4.86. The smallest absolute Gasteiger partial charge is 0.329 e. The number of imide groups is 1. The molecule has 3 aromatic rings. The normalized spacial score (nSPS) is 15.3. The molecule has 0 saturated carbocycles. The Balaban J connectivity index is 1.55. The van der Waals surface area contributed by atoms with E-state index in [9.17, 15) is 19.2 Å². The molecular weight excluding hydrogens is 374 g/mol. The highest BCUT2D eigenvalue weighted by Gasteiger charge is 2.41. The number of fused-ring (bicyclic) bond motifs is 2. The molecule has 1 aliphatic rings. The Kier molecular flexibility index (Phi) is 4.46. The van der Waals surface area contributed by atoms with Crippen molar-refractivity contribution in [2.24, 2.45) is 0 Å². The summed E-state index contributed by atoms with van der Waals surface area (Å²) in [6.07, 6.45) is -0.877. The van der Waals surface area contributed by atoms with Gasteiger partial charge in [-0.05, 0) is 38.1 Å². The highest BCUT2D eigenvalue weighted by atomic mass is 16.5. The van der Waals surface area contributed by atoms with Crippen LogP contribution in [0.3, 0.4) is 0 Å². The first-order valence-electron chi connectivity index (χ1n) is 9.05. The van der Waals surface area contributed by atoms with Crippen LogP contribution in [0, 0.1) is 0 Å². The van der Waals surface area contributed by atoms with E-state index in [1.54, 1.807) is 55.5 Å². The molecule has 0 aliphatic carbocycles. The summed E-state index contributed by atoms with van der Waals surface area (Å²) in [6.45, 7) is 2.98. The van der Waals surface area contributed by atoms with Crippen LogP contribution in [0.25, 0.3) is 10.9 Å². The van der Waals surface area contributed by atoms with Gasteiger partial charge in [0.15, 0.2) is 11.9 Å². The summed E-state index contributed by atoms with van der Waals surface area (Å²) in [5.41, 5.74) is 0.640. The second-order valence-electron chi connectivity index (χ2n) is 6.75. The zero-order valence-corrected chi connectivity index (χ0v) is 15.7. The summed E-state index contributed by atoms with van der Waals surface area (Å²) >= 11 is 0. The van der Waals surface area contributed by atoms with Crippen LogP contribution in [0.4, 0.5) is 0 Å². The lowest BCUT2D eigenvalue weighted by atomic mass is 10.1. The van der Waals surface area contributed by atoms with Gasteiger partial charge in [0, 0.05) is 0 Å². The van der Waals surface area contributed by atoms with E-state index >= 15 is 0 Å². The van der Waals surface area contributed by atoms with Gasteiger partial charge in [-0.15, -0.1) is 0 Å². The van der Waals surface area contributed by atoms with E-state index in [2.05, 4.69) is 9.97 Å². The Hall–Kier alpha value is -3.81. The standard InChI is InChI=1S/C21H17N3O5/c1-11(24-19(26)13-7-3-4-8-14(13)20(24)27)21(28)29-12(2)17-22-16-10-6-5-9-15(16)18(25)23-17/h3-12H,1-2H3,(H,22,23,25). The molecule has 2 heterocycles. The summed E-state index contributed by atoms with van der Waals surface area (Å²) in [6, 6.07) is 12.1. The van der Waals surface area contributed by atoms with Crippen molar-refractivity contribution < 1.29 is 19.1 Å². The van der Waals surface area contributed by atoms with Crippen LogP contribution < -0.4 is 5.56 Å². The van der Waals surface area contributed by atoms with Crippen LogP contribution in [0.5, 0.6) is 0 Å². The second-order valence-corrected chi connectivity index (χ2v) is 6.75. The topological polar surface area (TPSA) is 109 Å². The van der Waals surface area contributed by atoms with Crippen LogP contribution in [0.15, 0.2) is 53.3 Å². The molecule has 1 aromatic heterocycles. The summed E-state index contributed by atoms with van der Waals surface area (Å²) in [7, 11) is 0. The number of nitrogens with one attached hydrogen (secondary N) is 1. The molecule has 2 unspecified atom stereocenters. The molecule has 0 saturated heterocycles. The molecule has 2 amide bonds. The van der Waals surface area contributed by atoms with E-state index < -0.39 is 29.9 Å². The average Bonchev–Trinajstić information content (AvgIpc) is 2.98. The molecule has 1 aliphatic heterocycles. The second kappa shape index (κ2) is 6.97. The number of H-pyrrole nitrogens is 1. The first kappa shape index (κ1) is 18.5. The van der Waals surface area contributed by atoms with E-state index in [0.29, 0.717) is 10.9 Å². The average molecular weight is 391 g/mol. The number of aromatic nitrogens is 2. The van der Waals surface area contributed by atoms with Gasteiger partial charge in [-0.3, -0.25) is 19.3 Å². The minimum atomic E-state index is -1.13. The molecule has 8 nitrogen and oxygen atoms in total. The number of esters is 1. The van der Waals surface area contributed by atoms with Crippen LogP contribution in [0.2, 0.25) is 0 Å². The Morgan fingerprint density at radius 3 is 2.21 bits per heavy atom. The van der Waals surface area contributed by atoms with Gasteiger partial charge in [0.1, 0.15) is 6.04 Å². The maximum Gasteiger partial charge on any atom is 0.329 e. The fourth-order valence-corrected chi connectivity index (χ4v) is 3.29. The molecule has 2 aromatic carbocycles. The number of carbonyl (C=O) groups is 3. The SMILES string of the molecule is CC(OC(=O)C(C)N1C(=O)c2ccccc2C1=O)c1nc2ccccc2c(=O)[nH]1. The monoisotopic (exact) mass is 391 g/mol. The molecule has 4 rings (SSSR count). The van der Waals surface area contributed by atoms with E-state index in [0.717, 1.165) is 4.90 Å². The Morgan fingerprint density at radius 2 is 1.55 bits per heavy atom. The first-order valence-corrected chi connectivity index (χ1v) is 9.05. The molecule has 1 N–H and O–H groups in total. The maximum atomic E-state index is 12.6. The van der Waals surface area contributed by atoms with Gasteiger partial charge in [-0.1, -0.05) is 24.3 Å². The Labute approximate surface area is 165 Å². The van der Waals surface area contributed by atoms with Gasteiger partial charge in [0.2, 0.25) is 0 Å². The molecular formula is C21H17N3O5. The summed E-state index contributed by atoms with van der Waals surface area (Å²) in [5, 5.41) is 0.425. The fourth-order valence-electron chi connectivity index (χ4n) is 3.29. The van der Waals surface area contributed by atoms with E-state index in [1.165, 1.54) is 6.92 Å². The predicted molar refractivity (Wildman–Crippen MR) is 103 cm³/mol. The van der Waals surface area contributed by atoms with Crippen molar-refractivity contribution in [1.82, 2.24) is 14.9 Å². The summed E-state index contributed by atoms with van der Waals surface area (Å²) in [5.74, 6) is -1.68. The number of carbonyl (C=O) groups excluding carboxylic acids is 3. The van der Waals surface area contributed by atoms with Crippen LogP contribution >= 0.6 is 0 Å². The van der Waals surface area contributed by atoms with Gasteiger partial charge in [0.05, 0.1) is 22.0 Å². The number of nitrogens with zero attached hydrogens (tertiary/aromatic N) is 2. The van der Waals surface area contributed by atoms with Gasteiger partial charge in [-0.2, -0.15) is 0 Å². The molecule has 8 heteroatoms. The highest BCUT2D eigenvalue weighted by molar-refractivity contribution is 6.22. The largest absolute Gasteiger partial charge is 0.453 e. The third-order valence-electron chi connectivity index (χ3n) is 4.86. The summed E-state index contributed by atoms with van der Waals surface area (Å²) in [4.78, 5) is 57.7. The number of para-hydroxylation sites is 1. The van der Waals surface area contributed by atoms with Crippen LogP contribution in [-0.2, 0) is 9.53 Å². The minimum Gasteiger partial charge on any atom is -0.453 e. The van der Waals surface area contributed by atoms with Crippen molar-refractivity contribution in [2.75, 3.05) is 0 Å². The van der Waals surface area contributed by atoms with Crippen molar-refractivity contribution in [3.8, 4) is 0 Å². The molecule has 0 spiro atoms. The van der Waals surface area contributed by atoms with Crippen molar-refractivity contribution in [3.63, 3.8) is 0 Å². The summed E-state index contributed by atoms with van der Waals surface area (Å²) < 4.78 is 5.39. The Morgan fingerprint density at radius 1 is 0.966 bits per heavy atom. The lowest BCUT2D eigenvalue weighted by molar-refractivity contribution is -0.153. The molecule has 2 atom stereocenters. The lowest BCUT2D eigenvalue weighted by Gasteiger charge is -2.22. The van der Waals surface area contributed by atoms with Crippen molar-refractivity contribution in [2.45, 2.75) is 26.0 Å². The van der Waals surface area contributed by atoms with Gasteiger partial charge in [0.25, 0.3) is 17.4 Å². The van der Waals surface area contributed by atoms with E-state index in [-0.39, 0.29) is 22.5 Å². The van der Waals surface area contributed by atoms with Crippen LogP contribution in [0.1, 0.15) is 46.5 Å². The number of hydrogen-bond acceptors (Lipinski definition) is 6. The maximum absolute atomic E-state index is 12.6. The molecule has 0 radical (unpaired) electrons. The zero-order chi connectivity index (χ0) is 20.7. The van der Waals surface area contributed by atoms with Gasteiger partial charge < -0.3 is 9.72 Å². The molecule has 0 bridgehead atoms. The molecule has 0 fully saturated rings. The van der Waals surface area contributed by atoms with Crippen molar-refractivity contribution in [3.05, 3.63) is 75.8 Å². The number of rotatable bonds is 4. The number of ether oxygens (including phenoxy) is 1. The molecule has 29 heavy (non-hydrogen) atoms. The van der Waals surface area contributed by atoms with Gasteiger partial charge >= 0.3 is 5.97 Å². The highest BCUT2D eigenvalue weighted by Crippen LogP contribution is 2.25. The predicted octanol–water partition coefficient (Wildman–Crippen LogP) is 2.21. The molecule has 146 valence electrons. The third kappa shape index (κ3) is 3.08. The van der Waals surface area contributed by atoms with Crippen molar-refractivity contribution >= 4 is 28.7 Å². The van der Waals surface area contributed by atoms with E-state index in [1.807, 2.05) is 0 Å². The number of benzene rings is 2. The van der Waals surface area contributed by atoms with Crippen LogP contribution in [-0.4, -0.2) is 38.7 Å². The fraction of sp³-hybridized carbons (Fsp3) is 0.190. The van der Waals surface area contributed by atoms with Gasteiger partial charge in [-0.25, -0.2) is 9.78 Å². The number of aromatic amines is 1. The zero-order valence-electron chi connectivity index (χ0n) is 15.7. The number of hydrogen-bond donors (Lipinski definition) is 1. The van der Waals surface area contributed by atoms with E-state index in [4.69, 9.17) is 4.74 Å². The Bertz CT molecular complexity index is 1180. The first-order chi connectivity index (χ1) is 13.9. The quantitative estimate of drug-likeness (QED) is 0.539. The minimum absolute atomic E-state index is 0.177. The lowest BCUT2D eigenvalue weighted by Crippen LogP contribution is -2.44. The number of amides is 2.